The number of hydrogen-bond acceptors (Lipinski definition) is 2. The van der Waals surface area contributed by atoms with Crippen molar-refractivity contribution in [2.24, 2.45) is 0 Å². The number of aromatic amines is 1. The minimum absolute atomic E-state index is 0.301. The van der Waals surface area contributed by atoms with Gasteiger partial charge in [0, 0.05) is 21.9 Å². The second-order valence-electron chi connectivity index (χ2n) is 4.77. The lowest BCUT2D eigenvalue weighted by molar-refractivity contribution is 0.611. The predicted molar refractivity (Wildman–Crippen MR) is 75.4 cm³/mol. The third-order valence-electron chi connectivity index (χ3n) is 3.62. The molecule has 0 spiro atoms. The minimum Gasteiger partial charge on any atom is -0.354 e. The fourth-order valence-electron chi connectivity index (χ4n) is 2.71. The van der Waals surface area contributed by atoms with Crippen molar-refractivity contribution in [3.63, 3.8) is 0 Å². The van der Waals surface area contributed by atoms with Crippen LogP contribution < -0.4 is 0 Å². The van der Waals surface area contributed by atoms with E-state index in [1.54, 1.807) is 6.07 Å². The van der Waals surface area contributed by atoms with Gasteiger partial charge in [0.1, 0.15) is 24.2 Å². The zero-order valence-corrected chi connectivity index (χ0v) is 10.8. The van der Waals surface area contributed by atoms with Crippen LogP contribution in [0.2, 0.25) is 0 Å². The van der Waals surface area contributed by atoms with E-state index in [1.807, 2.05) is 31.2 Å². The van der Waals surface area contributed by atoms with Crippen molar-refractivity contribution in [3.8, 4) is 5.69 Å². The Labute approximate surface area is 113 Å². The molecule has 0 amide bonds. The number of halogens is 1. The van der Waals surface area contributed by atoms with E-state index in [4.69, 9.17) is 0 Å². The van der Waals surface area contributed by atoms with Crippen LogP contribution in [-0.2, 0) is 0 Å². The first-order chi connectivity index (χ1) is 9.75. The van der Waals surface area contributed by atoms with Gasteiger partial charge in [0.05, 0.1) is 5.52 Å². The second kappa shape index (κ2) is 3.90. The van der Waals surface area contributed by atoms with Gasteiger partial charge in [-0.1, -0.05) is 18.2 Å². The molecule has 0 saturated heterocycles. The summed E-state index contributed by atoms with van der Waals surface area (Å²) >= 11 is 0. The zero-order valence-electron chi connectivity index (χ0n) is 10.8. The van der Waals surface area contributed by atoms with Crippen molar-refractivity contribution in [1.82, 2.24) is 19.7 Å². The van der Waals surface area contributed by atoms with Crippen LogP contribution in [0, 0.1) is 12.7 Å². The number of H-pyrrole nitrogens is 1. The molecule has 0 saturated carbocycles. The van der Waals surface area contributed by atoms with Crippen LogP contribution in [0.3, 0.4) is 0 Å². The summed E-state index contributed by atoms with van der Waals surface area (Å²) in [7, 11) is 0. The SMILES string of the molecule is Cc1c(-n2cncn2)c(F)cc2c1[nH]c1ccccc12. The molecule has 4 aromatic rings. The number of benzene rings is 2. The van der Waals surface area contributed by atoms with E-state index < -0.39 is 0 Å². The van der Waals surface area contributed by atoms with Gasteiger partial charge in [-0.3, -0.25) is 0 Å². The van der Waals surface area contributed by atoms with Gasteiger partial charge in [-0.05, 0) is 19.1 Å². The highest BCUT2D eigenvalue weighted by molar-refractivity contribution is 6.08. The standard InChI is InChI=1S/C15H11FN4/c1-9-14-11(10-4-2-3-5-13(10)19-14)6-12(16)15(9)20-8-17-7-18-20/h2-8,19H,1H3. The van der Waals surface area contributed by atoms with Gasteiger partial charge in [0.2, 0.25) is 0 Å². The van der Waals surface area contributed by atoms with Crippen molar-refractivity contribution in [2.45, 2.75) is 6.92 Å². The van der Waals surface area contributed by atoms with Gasteiger partial charge in [-0.2, -0.15) is 5.10 Å². The summed E-state index contributed by atoms with van der Waals surface area (Å²) in [6.45, 7) is 1.89. The number of nitrogens with one attached hydrogen (secondary N) is 1. The van der Waals surface area contributed by atoms with Gasteiger partial charge >= 0.3 is 0 Å². The fourth-order valence-corrected chi connectivity index (χ4v) is 2.71. The van der Waals surface area contributed by atoms with E-state index in [0.717, 1.165) is 27.4 Å². The van der Waals surface area contributed by atoms with Crippen molar-refractivity contribution in [1.29, 1.82) is 0 Å². The lowest BCUT2D eigenvalue weighted by Gasteiger charge is -2.08. The summed E-state index contributed by atoms with van der Waals surface area (Å²) in [6, 6.07) is 9.44. The second-order valence-corrected chi connectivity index (χ2v) is 4.77. The molecule has 4 rings (SSSR count). The van der Waals surface area contributed by atoms with Crippen LogP contribution in [0.1, 0.15) is 5.56 Å². The highest BCUT2D eigenvalue weighted by Crippen LogP contribution is 2.32. The third-order valence-corrected chi connectivity index (χ3v) is 3.62. The third kappa shape index (κ3) is 1.40. The smallest absolute Gasteiger partial charge is 0.149 e. The van der Waals surface area contributed by atoms with E-state index in [1.165, 1.54) is 17.3 Å². The molecule has 0 unspecified atom stereocenters. The molecule has 0 aliphatic carbocycles. The van der Waals surface area contributed by atoms with Gasteiger partial charge in [0.25, 0.3) is 0 Å². The summed E-state index contributed by atoms with van der Waals surface area (Å²) in [5.74, 6) is -0.301. The van der Waals surface area contributed by atoms with Gasteiger partial charge in [-0.25, -0.2) is 14.1 Å². The molecular weight excluding hydrogens is 255 g/mol. The molecule has 4 nitrogen and oxygen atoms in total. The van der Waals surface area contributed by atoms with Gasteiger partial charge in [-0.15, -0.1) is 0 Å². The van der Waals surface area contributed by atoms with Crippen LogP contribution in [0.4, 0.5) is 4.39 Å². The number of nitrogens with zero attached hydrogens (tertiary/aromatic N) is 3. The van der Waals surface area contributed by atoms with Crippen molar-refractivity contribution < 1.29 is 4.39 Å². The first kappa shape index (κ1) is 11.2. The summed E-state index contributed by atoms with van der Waals surface area (Å²) in [5.41, 5.74) is 3.18. The molecule has 2 aromatic carbocycles. The lowest BCUT2D eigenvalue weighted by atomic mass is 10.1. The maximum absolute atomic E-state index is 14.4. The number of fused-ring (bicyclic) bond motifs is 3. The average molecular weight is 266 g/mol. The Morgan fingerprint density at radius 3 is 2.85 bits per heavy atom. The average Bonchev–Trinajstić information content (AvgIpc) is 3.07. The quantitative estimate of drug-likeness (QED) is 0.574. The Hall–Kier alpha value is -2.69. The number of hydrogen-bond donors (Lipinski definition) is 1. The summed E-state index contributed by atoms with van der Waals surface area (Å²) in [5, 5.41) is 5.93. The summed E-state index contributed by atoms with van der Waals surface area (Å²) in [4.78, 5) is 7.23. The molecule has 2 aromatic heterocycles. The van der Waals surface area contributed by atoms with Crippen LogP contribution in [0.5, 0.6) is 0 Å². The summed E-state index contributed by atoms with van der Waals surface area (Å²) in [6.07, 6.45) is 2.90. The number of rotatable bonds is 1. The topological polar surface area (TPSA) is 46.5 Å². The van der Waals surface area contributed by atoms with Crippen LogP contribution >= 0.6 is 0 Å². The predicted octanol–water partition coefficient (Wildman–Crippen LogP) is 3.35. The lowest BCUT2D eigenvalue weighted by Crippen LogP contribution is -2.01. The number of aryl methyl sites for hydroxylation is 1. The first-order valence-electron chi connectivity index (χ1n) is 6.30. The van der Waals surface area contributed by atoms with Crippen molar-refractivity contribution in [3.05, 3.63) is 54.4 Å². The van der Waals surface area contributed by atoms with E-state index in [2.05, 4.69) is 15.1 Å². The Bertz CT molecular complexity index is 922. The Morgan fingerprint density at radius 2 is 2.05 bits per heavy atom. The molecule has 1 N–H and O–H groups in total. The number of para-hydroxylation sites is 1. The summed E-state index contributed by atoms with van der Waals surface area (Å²) < 4.78 is 15.9. The monoisotopic (exact) mass is 266 g/mol. The molecule has 5 heteroatoms. The first-order valence-corrected chi connectivity index (χ1v) is 6.30. The van der Waals surface area contributed by atoms with Crippen molar-refractivity contribution in [2.75, 3.05) is 0 Å². The molecule has 0 radical (unpaired) electrons. The molecule has 98 valence electrons. The van der Waals surface area contributed by atoms with E-state index in [0.29, 0.717) is 5.69 Å². The molecule has 0 atom stereocenters. The maximum atomic E-state index is 14.4. The van der Waals surface area contributed by atoms with E-state index in [-0.39, 0.29) is 5.82 Å². The maximum Gasteiger partial charge on any atom is 0.149 e. The molecular formula is C15H11FN4. The Kier molecular flexibility index (Phi) is 2.18. The molecule has 0 bridgehead atoms. The van der Waals surface area contributed by atoms with Gasteiger partial charge in [0.15, 0.2) is 0 Å². The molecule has 0 aliphatic heterocycles. The zero-order chi connectivity index (χ0) is 13.7. The van der Waals surface area contributed by atoms with Crippen LogP contribution in [0.15, 0.2) is 43.0 Å². The van der Waals surface area contributed by atoms with E-state index in [9.17, 15) is 4.39 Å². The normalized spacial score (nSPS) is 11.5. The van der Waals surface area contributed by atoms with Gasteiger partial charge < -0.3 is 4.98 Å². The molecule has 2 heterocycles. The highest BCUT2D eigenvalue weighted by Gasteiger charge is 2.16. The molecule has 0 aliphatic rings. The Balaban J connectivity index is 2.16. The highest BCUT2D eigenvalue weighted by atomic mass is 19.1. The molecule has 20 heavy (non-hydrogen) atoms. The van der Waals surface area contributed by atoms with E-state index >= 15 is 0 Å². The Morgan fingerprint density at radius 1 is 1.20 bits per heavy atom. The van der Waals surface area contributed by atoms with Crippen LogP contribution in [0.25, 0.3) is 27.5 Å². The molecule has 0 fully saturated rings. The number of aromatic nitrogens is 4. The van der Waals surface area contributed by atoms with Crippen LogP contribution in [-0.4, -0.2) is 19.7 Å². The largest absolute Gasteiger partial charge is 0.354 e. The van der Waals surface area contributed by atoms with Crippen molar-refractivity contribution >= 4 is 21.8 Å². The minimum atomic E-state index is -0.301. The fraction of sp³-hybridized carbons (Fsp3) is 0.0667.